The Morgan fingerprint density at radius 1 is 1.08 bits per heavy atom. The van der Waals surface area contributed by atoms with Gasteiger partial charge in [0.25, 0.3) is 5.91 Å². The number of para-hydroxylation sites is 1. The van der Waals surface area contributed by atoms with Crippen molar-refractivity contribution in [3.8, 4) is 0 Å². The molecule has 0 aliphatic rings. The van der Waals surface area contributed by atoms with Crippen molar-refractivity contribution in [3.05, 3.63) is 54.5 Å². The number of nitrogens with zero attached hydrogens (tertiary/aromatic N) is 3. The van der Waals surface area contributed by atoms with E-state index in [1.54, 1.807) is 18.5 Å². The molecule has 0 saturated heterocycles. The number of fused-ring (bicyclic) bond motifs is 1. The minimum absolute atomic E-state index is 0.289. The van der Waals surface area contributed by atoms with E-state index < -0.39 is 0 Å². The van der Waals surface area contributed by atoms with Crippen LogP contribution in [0.2, 0.25) is 0 Å². The van der Waals surface area contributed by atoms with E-state index in [-0.39, 0.29) is 5.91 Å². The molecule has 0 unspecified atom stereocenters. The topological polar surface area (TPSA) is 79.8 Å². The minimum atomic E-state index is -0.289. The van der Waals surface area contributed by atoms with Gasteiger partial charge in [0.1, 0.15) is 5.69 Å². The van der Waals surface area contributed by atoms with Crippen LogP contribution in [-0.2, 0) is 0 Å². The van der Waals surface area contributed by atoms with Crippen LogP contribution < -0.4 is 10.6 Å². The second-order valence-corrected chi connectivity index (χ2v) is 5.88. The fourth-order valence-corrected chi connectivity index (χ4v) is 2.26. The molecule has 0 aliphatic heterocycles. The van der Waals surface area contributed by atoms with E-state index in [4.69, 9.17) is 0 Å². The predicted molar refractivity (Wildman–Crippen MR) is 95.1 cm³/mol. The van der Waals surface area contributed by atoms with Crippen molar-refractivity contribution in [3.63, 3.8) is 0 Å². The van der Waals surface area contributed by atoms with Gasteiger partial charge in [-0.05, 0) is 24.1 Å². The van der Waals surface area contributed by atoms with Crippen molar-refractivity contribution in [1.82, 2.24) is 15.0 Å². The molecule has 0 fully saturated rings. The molecule has 6 heteroatoms. The Balaban J connectivity index is 1.80. The molecule has 2 heterocycles. The highest BCUT2D eigenvalue weighted by Gasteiger charge is 2.11. The summed E-state index contributed by atoms with van der Waals surface area (Å²) in [5, 5.41) is 6.96. The average Bonchev–Trinajstić information content (AvgIpc) is 2.60. The molecule has 0 bridgehead atoms. The number of rotatable bonds is 5. The smallest absolute Gasteiger partial charge is 0.274 e. The van der Waals surface area contributed by atoms with Crippen molar-refractivity contribution >= 4 is 28.4 Å². The lowest BCUT2D eigenvalue weighted by atomic mass is 10.2. The number of amides is 1. The van der Waals surface area contributed by atoms with Gasteiger partial charge in [0.05, 0.1) is 11.2 Å². The Morgan fingerprint density at radius 2 is 1.92 bits per heavy atom. The van der Waals surface area contributed by atoms with E-state index in [1.165, 1.54) is 0 Å². The molecule has 6 nitrogen and oxygen atoms in total. The first-order chi connectivity index (χ1) is 11.6. The number of hydrogen-bond acceptors (Lipinski definition) is 5. The second kappa shape index (κ2) is 7.04. The highest BCUT2D eigenvalue weighted by Crippen LogP contribution is 2.21. The van der Waals surface area contributed by atoms with Gasteiger partial charge in [0, 0.05) is 24.3 Å². The molecular formula is C18H19N5O. The summed E-state index contributed by atoms with van der Waals surface area (Å²) in [5.74, 6) is 0.628. The lowest BCUT2D eigenvalue weighted by molar-refractivity contribution is 0.102. The van der Waals surface area contributed by atoms with Gasteiger partial charge in [-0.3, -0.25) is 9.78 Å². The van der Waals surface area contributed by atoms with Crippen LogP contribution in [0, 0.1) is 5.92 Å². The Labute approximate surface area is 140 Å². The lowest BCUT2D eigenvalue weighted by Crippen LogP contribution is -2.17. The average molecular weight is 321 g/mol. The normalized spacial score (nSPS) is 10.8. The third kappa shape index (κ3) is 3.65. The standard InChI is InChI=1S/C18H19N5O/c1-12(2)11-21-18-20-10-8-15(23-18)17(24)22-14-7-3-5-13-6-4-9-19-16(13)14/h3-10,12H,11H2,1-2H3,(H,22,24)(H,20,21,23). The number of carbonyl (C=O) groups excluding carboxylic acids is 1. The van der Waals surface area contributed by atoms with Gasteiger partial charge >= 0.3 is 0 Å². The fourth-order valence-electron chi connectivity index (χ4n) is 2.26. The molecule has 0 aliphatic carbocycles. The van der Waals surface area contributed by atoms with E-state index in [9.17, 15) is 4.79 Å². The molecule has 0 saturated carbocycles. The Bertz CT molecular complexity index is 857. The van der Waals surface area contributed by atoms with E-state index in [0.29, 0.717) is 23.2 Å². The summed E-state index contributed by atoms with van der Waals surface area (Å²) < 4.78 is 0. The summed E-state index contributed by atoms with van der Waals surface area (Å²) in [4.78, 5) is 25.2. The number of aromatic nitrogens is 3. The molecule has 1 amide bonds. The summed E-state index contributed by atoms with van der Waals surface area (Å²) in [6.45, 7) is 4.94. The highest BCUT2D eigenvalue weighted by molar-refractivity contribution is 6.07. The largest absolute Gasteiger partial charge is 0.354 e. The minimum Gasteiger partial charge on any atom is -0.354 e. The summed E-state index contributed by atoms with van der Waals surface area (Å²) in [7, 11) is 0. The first-order valence-electron chi connectivity index (χ1n) is 7.85. The van der Waals surface area contributed by atoms with Crippen LogP contribution in [0.1, 0.15) is 24.3 Å². The zero-order valence-corrected chi connectivity index (χ0v) is 13.7. The maximum absolute atomic E-state index is 12.5. The Hall–Kier alpha value is -3.02. The first kappa shape index (κ1) is 15.9. The van der Waals surface area contributed by atoms with E-state index in [2.05, 4.69) is 39.4 Å². The number of anilines is 2. The molecule has 24 heavy (non-hydrogen) atoms. The van der Waals surface area contributed by atoms with Gasteiger partial charge in [-0.1, -0.05) is 32.0 Å². The molecule has 2 aromatic heterocycles. The quantitative estimate of drug-likeness (QED) is 0.753. The molecular weight excluding hydrogens is 302 g/mol. The first-order valence-corrected chi connectivity index (χ1v) is 7.85. The van der Waals surface area contributed by atoms with E-state index in [1.807, 2.05) is 30.3 Å². The maximum Gasteiger partial charge on any atom is 0.274 e. The molecule has 122 valence electrons. The van der Waals surface area contributed by atoms with Gasteiger partial charge in [-0.15, -0.1) is 0 Å². The summed E-state index contributed by atoms with van der Waals surface area (Å²) in [6.07, 6.45) is 3.28. The molecule has 1 aromatic carbocycles. The number of nitrogens with one attached hydrogen (secondary N) is 2. The molecule has 0 atom stereocenters. The van der Waals surface area contributed by atoms with Crippen LogP contribution in [-0.4, -0.2) is 27.4 Å². The van der Waals surface area contributed by atoms with Crippen molar-refractivity contribution in [2.75, 3.05) is 17.2 Å². The fraction of sp³-hybridized carbons (Fsp3) is 0.222. The van der Waals surface area contributed by atoms with Gasteiger partial charge in [0.2, 0.25) is 5.95 Å². The van der Waals surface area contributed by atoms with Crippen LogP contribution >= 0.6 is 0 Å². The SMILES string of the molecule is CC(C)CNc1nccc(C(=O)Nc2cccc3cccnc23)n1. The number of hydrogen-bond donors (Lipinski definition) is 2. The summed E-state index contributed by atoms with van der Waals surface area (Å²) in [6, 6.07) is 11.1. The van der Waals surface area contributed by atoms with Crippen molar-refractivity contribution in [2.45, 2.75) is 13.8 Å². The molecule has 3 rings (SSSR count). The molecule has 0 spiro atoms. The zero-order valence-electron chi connectivity index (χ0n) is 13.7. The monoisotopic (exact) mass is 321 g/mol. The van der Waals surface area contributed by atoms with Gasteiger partial charge in [-0.25, -0.2) is 9.97 Å². The molecule has 3 aromatic rings. The van der Waals surface area contributed by atoms with Crippen LogP contribution in [0.25, 0.3) is 10.9 Å². The Morgan fingerprint density at radius 3 is 2.75 bits per heavy atom. The number of benzene rings is 1. The van der Waals surface area contributed by atoms with Crippen molar-refractivity contribution < 1.29 is 4.79 Å². The zero-order chi connectivity index (χ0) is 16.9. The highest BCUT2D eigenvalue weighted by atomic mass is 16.1. The predicted octanol–water partition coefficient (Wildman–Crippen LogP) is 3.35. The second-order valence-electron chi connectivity index (χ2n) is 5.88. The van der Waals surface area contributed by atoms with Crippen LogP contribution in [0.4, 0.5) is 11.6 Å². The van der Waals surface area contributed by atoms with Crippen LogP contribution in [0.15, 0.2) is 48.8 Å². The lowest BCUT2D eigenvalue weighted by Gasteiger charge is -2.09. The van der Waals surface area contributed by atoms with Crippen LogP contribution in [0.5, 0.6) is 0 Å². The molecule has 2 N–H and O–H groups in total. The van der Waals surface area contributed by atoms with Crippen LogP contribution in [0.3, 0.4) is 0 Å². The van der Waals surface area contributed by atoms with Crippen molar-refractivity contribution in [2.24, 2.45) is 5.92 Å². The van der Waals surface area contributed by atoms with E-state index in [0.717, 1.165) is 17.4 Å². The van der Waals surface area contributed by atoms with E-state index >= 15 is 0 Å². The Kier molecular flexibility index (Phi) is 4.65. The van der Waals surface area contributed by atoms with Gasteiger partial charge < -0.3 is 10.6 Å². The summed E-state index contributed by atoms with van der Waals surface area (Å²) in [5.41, 5.74) is 1.72. The molecule has 0 radical (unpaired) electrons. The number of carbonyl (C=O) groups is 1. The van der Waals surface area contributed by atoms with Crippen molar-refractivity contribution in [1.29, 1.82) is 0 Å². The van der Waals surface area contributed by atoms with Gasteiger partial charge in [0.15, 0.2) is 0 Å². The maximum atomic E-state index is 12.5. The summed E-state index contributed by atoms with van der Waals surface area (Å²) >= 11 is 0. The number of pyridine rings is 1. The third-order valence-corrected chi connectivity index (χ3v) is 3.44. The third-order valence-electron chi connectivity index (χ3n) is 3.44. The van der Waals surface area contributed by atoms with Gasteiger partial charge in [-0.2, -0.15) is 0 Å².